The molecule has 1 fully saturated rings. The Morgan fingerprint density at radius 1 is 1.22 bits per heavy atom. The minimum Gasteiger partial charge on any atom is -0.338 e. The van der Waals surface area contributed by atoms with E-state index in [0.29, 0.717) is 0 Å². The monoisotopic (exact) mass is 318 g/mol. The molecule has 1 aliphatic heterocycles. The van der Waals surface area contributed by atoms with Gasteiger partial charge in [-0.1, -0.05) is 0 Å². The highest BCUT2D eigenvalue weighted by atomic mass is 16.2. The molecule has 0 radical (unpaired) electrons. The number of hydrogen-bond donors (Lipinski definition) is 2. The number of likely N-dealkylation sites (tertiary alicyclic amines) is 1. The van der Waals surface area contributed by atoms with Gasteiger partial charge in [-0.15, -0.1) is 0 Å². The first-order valence-electron chi connectivity index (χ1n) is 8.26. The van der Waals surface area contributed by atoms with Crippen molar-refractivity contribution in [1.29, 1.82) is 0 Å². The summed E-state index contributed by atoms with van der Waals surface area (Å²) in [6.07, 6.45) is 6.61. The van der Waals surface area contributed by atoms with E-state index in [1.807, 2.05) is 24.0 Å². The predicted octanol–water partition coefficient (Wildman–Crippen LogP) is 2.23. The van der Waals surface area contributed by atoms with E-state index in [1.165, 1.54) is 0 Å². The van der Waals surface area contributed by atoms with Crippen molar-refractivity contribution in [3.63, 3.8) is 0 Å². The van der Waals surface area contributed by atoms with Crippen LogP contribution in [-0.4, -0.2) is 40.5 Å². The smallest absolute Gasteiger partial charge is 0.315 e. The van der Waals surface area contributed by atoms with Gasteiger partial charge in [0.1, 0.15) is 6.04 Å². The first-order valence-corrected chi connectivity index (χ1v) is 8.26. The summed E-state index contributed by atoms with van der Waals surface area (Å²) in [5.41, 5.74) is 0.971. The van der Waals surface area contributed by atoms with Crippen LogP contribution in [0.15, 0.2) is 24.5 Å². The topological polar surface area (TPSA) is 74.3 Å². The van der Waals surface area contributed by atoms with E-state index in [0.717, 1.165) is 31.4 Å². The minimum absolute atomic E-state index is 0.0103. The molecule has 0 aromatic carbocycles. The molecule has 6 heteroatoms. The van der Waals surface area contributed by atoms with Crippen LogP contribution in [0.2, 0.25) is 0 Å². The molecule has 3 amide bonds. The maximum absolute atomic E-state index is 12.5. The van der Waals surface area contributed by atoms with Crippen LogP contribution < -0.4 is 10.6 Å². The number of urea groups is 1. The second-order valence-corrected chi connectivity index (χ2v) is 6.22. The number of carbonyl (C=O) groups is 2. The van der Waals surface area contributed by atoms with Gasteiger partial charge >= 0.3 is 6.03 Å². The third kappa shape index (κ3) is 4.68. The number of piperidine rings is 1. The Hall–Kier alpha value is -2.11. The van der Waals surface area contributed by atoms with Crippen molar-refractivity contribution in [2.45, 2.75) is 58.2 Å². The highest BCUT2D eigenvalue weighted by Gasteiger charge is 2.27. The fourth-order valence-electron chi connectivity index (χ4n) is 2.91. The molecule has 0 spiro atoms. The highest BCUT2D eigenvalue weighted by molar-refractivity contribution is 5.87. The average Bonchev–Trinajstić information content (AvgIpc) is 2.55. The third-order valence-electron chi connectivity index (χ3n) is 4.36. The summed E-state index contributed by atoms with van der Waals surface area (Å²) >= 11 is 0. The van der Waals surface area contributed by atoms with Gasteiger partial charge in [-0.05, 0) is 57.7 Å². The number of carbonyl (C=O) groups excluding carboxylic acids is 2. The molecule has 1 aromatic heterocycles. The molecular weight excluding hydrogens is 292 g/mol. The van der Waals surface area contributed by atoms with Crippen molar-refractivity contribution in [2.24, 2.45) is 0 Å². The van der Waals surface area contributed by atoms with Gasteiger partial charge in [0.05, 0.1) is 6.04 Å². The van der Waals surface area contributed by atoms with Crippen LogP contribution >= 0.6 is 0 Å². The van der Waals surface area contributed by atoms with E-state index in [2.05, 4.69) is 22.5 Å². The van der Waals surface area contributed by atoms with E-state index in [-0.39, 0.29) is 24.0 Å². The van der Waals surface area contributed by atoms with Crippen LogP contribution in [0.5, 0.6) is 0 Å². The molecule has 3 atom stereocenters. The van der Waals surface area contributed by atoms with Gasteiger partial charge in [-0.2, -0.15) is 0 Å². The molecule has 2 heterocycles. The van der Waals surface area contributed by atoms with Gasteiger partial charge in [0.15, 0.2) is 0 Å². The average molecular weight is 318 g/mol. The highest BCUT2D eigenvalue weighted by Crippen LogP contribution is 2.17. The van der Waals surface area contributed by atoms with Crippen molar-refractivity contribution in [2.75, 3.05) is 6.54 Å². The Labute approximate surface area is 137 Å². The normalized spacial score (nSPS) is 20.5. The van der Waals surface area contributed by atoms with E-state index in [4.69, 9.17) is 0 Å². The van der Waals surface area contributed by atoms with E-state index in [9.17, 15) is 9.59 Å². The maximum atomic E-state index is 12.5. The van der Waals surface area contributed by atoms with Gasteiger partial charge in [0.2, 0.25) is 5.91 Å². The van der Waals surface area contributed by atoms with E-state index in [1.54, 1.807) is 19.3 Å². The lowest BCUT2D eigenvalue weighted by atomic mass is 10.0. The minimum atomic E-state index is -0.528. The van der Waals surface area contributed by atoms with Gasteiger partial charge in [0.25, 0.3) is 0 Å². The molecule has 2 rings (SSSR count). The second kappa shape index (κ2) is 7.94. The lowest BCUT2D eigenvalue weighted by molar-refractivity contribution is -0.136. The molecule has 126 valence electrons. The van der Waals surface area contributed by atoms with Crippen LogP contribution in [-0.2, 0) is 4.79 Å². The number of rotatable bonds is 4. The van der Waals surface area contributed by atoms with Gasteiger partial charge in [-0.25, -0.2) is 4.79 Å². The largest absolute Gasteiger partial charge is 0.338 e. The first-order chi connectivity index (χ1) is 11.0. The molecule has 1 saturated heterocycles. The Morgan fingerprint density at radius 3 is 2.57 bits per heavy atom. The molecule has 0 bridgehead atoms. The number of nitrogens with one attached hydrogen (secondary N) is 2. The molecule has 1 aromatic rings. The summed E-state index contributed by atoms with van der Waals surface area (Å²) < 4.78 is 0. The van der Waals surface area contributed by atoms with E-state index < -0.39 is 6.04 Å². The summed E-state index contributed by atoms with van der Waals surface area (Å²) in [6, 6.07) is 2.96. The van der Waals surface area contributed by atoms with Crippen molar-refractivity contribution in [3.8, 4) is 0 Å². The Balaban J connectivity index is 1.85. The molecule has 2 N–H and O–H groups in total. The summed E-state index contributed by atoms with van der Waals surface area (Å²) in [5, 5.41) is 5.59. The number of pyridine rings is 1. The Morgan fingerprint density at radius 2 is 1.91 bits per heavy atom. The molecular formula is C17H26N4O2. The van der Waals surface area contributed by atoms with Crippen molar-refractivity contribution >= 4 is 11.9 Å². The molecule has 6 nitrogen and oxygen atoms in total. The molecule has 0 aliphatic carbocycles. The van der Waals surface area contributed by atoms with Crippen molar-refractivity contribution < 1.29 is 9.59 Å². The number of aromatic nitrogens is 1. The van der Waals surface area contributed by atoms with Crippen LogP contribution in [0.25, 0.3) is 0 Å². The fourth-order valence-corrected chi connectivity index (χ4v) is 2.91. The predicted molar refractivity (Wildman–Crippen MR) is 88.8 cm³/mol. The van der Waals surface area contributed by atoms with Crippen molar-refractivity contribution in [1.82, 2.24) is 20.5 Å². The van der Waals surface area contributed by atoms with Crippen LogP contribution in [0.3, 0.4) is 0 Å². The summed E-state index contributed by atoms with van der Waals surface area (Å²) in [4.78, 5) is 30.4. The van der Waals surface area contributed by atoms with Crippen LogP contribution in [0.1, 0.15) is 51.6 Å². The molecule has 3 unspecified atom stereocenters. The molecule has 1 aliphatic rings. The lowest BCUT2D eigenvalue weighted by Crippen LogP contribution is -2.53. The zero-order chi connectivity index (χ0) is 16.8. The number of nitrogens with zero attached hydrogens (tertiary/aromatic N) is 2. The zero-order valence-electron chi connectivity index (χ0n) is 14.1. The molecule has 0 saturated carbocycles. The number of amides is 3. The fraction of sp³-hybridized carbons (Fsp3) is 0.588. The van der Waals surface area contributed by atoms with Gasteiger partial charge in [-0.3, -0.25) is 9.78 Å². The maximum Gasteiger partial charge on any atom is 0.315 e. The zero-order valence-corrected chi connectivity index (χ0v) is 14.1. The Kier molecular flexibility index (Phi) is 5.96. The summed E-state index contributed by atoms with van der Waals surface area (Å²) in [6.45, 7) is 6.48. The summed E-state index contributed by atoms with van der Waals surface area (Å²) in [7, 11) is 0. The summed E-state index contributed by atoms with van der Waals surface area (Å²) in [5.74, 6) is -0.0103. The quantitative estimate of drug-likeness (QED) is 0.894. The second-order valence-electron chi connectivity index (χ2n) is 6.22. The van der Waals surface area contributed by atoms with Crippen LogP contribution in [0.4, 0.5) is 4.79 Å². The van der Waals surface area contributed by atoms with Gasteiger partial charge < -0.3 is 15.5 Å². The Bertz CT molecular complexity index is 535. The van der Waals surface area contributed by atoms with Crippen molar-refractivity contribution in [3.05, 3.63) is 30.1 Å². The third-order valence-corrected chi connectivity index (χ3v) is 4.36. The molecule has 23 heavy (non-hydrogen) atoms. The van der Waals surface area contributed by atoms with Crippen LogP contribution in [0, 0.1) is 0 Å². The lowest BCUT2D eigenvalue weighted by Gasteiger charge is -2.35. The van der Waals surface area contributed by atoms with E-state index >= 15 is 0 Å². The standard InChI is InChI=1S/C17H26N4O2/c1-12-6-4-5-11-21(12)16(22)14(3)20-17(23)19-13(2)15-7-9-18-10-8-15/h7-10,12-14H,4-6,11H2,1-3H3,(H2,19,20,23). The number of hydrogen-bond acceptors (Lipinski definition) is 3. The first kappa shape index (κ1) is 17.2. The van der Waals surface area contributed by atoms with Gasteiger partial charge in [0, 0.05) is 25.0 Å². The SMILES string of the molecule is CC(NC(=O)NC(C)c1ccncc1)C(=O)N1CCCCC1C.